The molecule has 0 aromatic rings. The quantitative estimate of drug-likeness (QED) is 0.394. The first-order valence-corrected chi connectivity index (χ1v) is 3.50. The topological polar surface area (TPSA) is 64.1 Å². The molecule has 0 spiro atoms. The molecule has 4 N–H and O–H groups in total. The molecule has 2 unspecified atom stereocenters. The number of hydrogen-bond acceptors (Lipinski definition) is 4. The lowest BCUT2D eigenvalue weighted by molar-refractivity contribution is -0.857. The van der Waals surface area contributed by atoms with Gasteiger partial charge in [0.25, 0.3) is 5.82 Å². The van der Waals surface area contributed by atoms with Crippen molar-refractivity contribution in [1.82, 2.24) is 5.32 Å². The van der Waals surface area contributed by atoms with Gasteiger partial charge in [0, 0.05) is 7.11 Å². The van der Waals surface area contributed by atoms with Crippen molar-refractivity contribution < 1.29 is 9.75 Å². The molecule has 2 aliphatic heterocycles. The molecule has 0 aliphatic carbocycles. The van der Waals surface area contributed by atoms with Crippen molar-refractivity contribution in [2.75, 3.05) is 13.7 Å². The van der Waals surface area contributed by atoms with Gasteiger partial charge in [0.05, 0.1) is 0 Å². The molecule has 11 heavy (non-hydrogen) atoms. The van der Waals surface area contributed by atoms with Crippen LogP contribution in [0.3, 0.4) is 0 Å². The van der Waals surface area contributed by atoms with Gasteiger partial charge in [-0.25, -0.2) is 0 Å². The Balaban J connectivity index is 2.17. The van der Waals surface area contributed by atoms with E-state index in [0.717, 1.165) is 17.4 Å². The van der Waals surface area contributed by atoms with Crippen LogP contribution in [-0.4, -0.2) is 26.1 Å². The highest BCUT2D eigenvalue weighted by molar-refractivity contribution is 5.78. The molecule has 0 aromatic carbocycles. The summed E-state index contributed by atoms with van der Waals surface area (Å²) in [6.07, 6.45) is 1.72. The third-order valence-electron chi connectivity index (χ3n) is 1.91. The maximum absolute atomic E-state index is 5.63. The molecule has 5 heteroatoms. The maximum Gasteiger partial charge on any atom is 0.254 e. The Morgan fingerprint density at radius 1 is 1.91 bits per heavy atom. The van der Waals surface area contributed by atoms with Crippen LogP contribution in [0.5, 0.6) is 0 Å². The van der Waals surface area contributed by atoms with E-state index in [1.807, 2.05) is 0 Å². The molecular weight excluding hydrogens is 144 g/mol. The predicted octanol–water partition coefficient (Wildman–Crippen LogP) is -2.43. The lowest BCUT2D eigenvalue weighted by Gasteiger charge is -2.01. The molecular formula is C6H11N4O+. The van der Waals surface area contributed by atoms with E-state index in [2.05, 4.69) is 10.4 Å². The van der Waals surface area contributed by atoms with Gasteiger partial charge in [-0.1, -0.05) is 5.10 Å². The second-order valence-electron chi connectivity index (χ2n) is 2.61. The number of rotatable bonds is 1. The summed E-state index contributed by atoms with van der Waals surface area (Å²) in [6, 6.07) is 0. The van der Waals surface area contributed by atoms with Crippen molar-refractivity contribution in [1.29, 1.82) is 0 Å². The number of methoxy groups -OCH3 is 1. The van der Waals surface area contributed by atoms with E-state index in [4.69, 9.17) is 10.5 Å². The summed E-state index contributed by atoms with van der Waals surface area (Å²) < 4.78 is 5.10. The number of nitrogens with one attached hydrogen (secondary N) is 2. The number of quaternary nitrogens is 1. The molecule has 5 nitrogen and oxygen atoms in total. The second-order valence-corrected chi connectivity index (χ2v) is 2.61. The fraction of sp³-hybridized carbons (Fsp3) is 0.500. The lowest BCUT2D eigenvalue weighted by Crippen LogP contribution is -3.03. The summed E-state index contributed by atoms with van der Waals surface area (Å²) >= 11 is 0. The molecule has 2 rings (SSSR count). The lowest BCUT2D eigenvalue weighted by atomic mass is 10.5. The highest BCUT2D eigenvalue weighted by Crippen LogP contribution is 1.99. The molecule has 2 aliphatic rings. The number of hydrogen-bond donors (Lipinski definition) is 3. The molecule has 0 radical (unpaired) electrons. The first kappa shape index (κ1) is 6.63. The minimum atomic E-state index is 0.0519. The molecule has 0 bridgehead atoms. The molecule has 60 valence electrons. The summed E-state index contributed by atoms with van der Waals surface area (Å²) in [5, 5.41) is 8.26. The van der Waals surface area contributed by atoms with Gasteiger partial charge < -0.3 is 15.8 Å². The van der Waals surface area contributed by atoms with Crippen molar-refractivity contribution in [3.8, 4) is 0 Å². The Morgan fingerprint density at radius 3 is 3.36 bits per heavy atom. The average Bonchev–Trinajstić information content (AvgIpc) is 2.53. The molecule has 0 saturated carbocycles. The van der Waals surface area contributed by atoms with E-state index in [0.29, 0.717) is 5.70 Å². The highest BCUT2D eigenvalue weighted by Gasteiger charge is 2.35. The van der Waals surface area contributed by atoms with Crippen LogP contribution in [0.2, 0.25) is 0 Å². The zero-order valence-electron chi connectivity index (χ0n) is 6.29. The fourth-order valence-electron chi connectivity index (χ4n) is 1.29. The average molecular weight is 155 g/mol. The van der Waals surface area contributed by atoms with Gasteiger partial charge in [-0.15, -0.1) is 0 Å². The minimum Gasteiger partial charge on any atom is -0.391 e. The van der Waals surface area contributed by atoms with E-state index in [9.17, 15) is 0 Å². The number of ether oxygens (including phenoxy) is 1. The third-order valence-corrected chi connectivity index (χ3v) is 1.91. The predicted molar refractivity (Wildman–Crippen MR) is 39.5 cm³/mol. The van der Waals surface area contributed by atoms with Gasteiger partial charge in [-0.3, -0.25) is 0 Å². The Bertz CT molecular complexity index is 235. The van der Waals surface area contributed by atoms with Crippen molar-refractivity contribution in [3.05, 3.63) is 11.5 Å². The summed E-state index contributed by atoms with van der Waals surface area (Å²) in [5.41, 5.74) is 6.34. The minimum absolute atomic E-state index is 0.0519. The second kappa shape index (κ2) is 2.21. The van der Waals surface area contributed by atoms with Crippen LogP contribution in [0.25, 0.3) is 0 Å². The molecule has 0 aromatic heterocycles. The summed E-state index contributed by atoms with van der Waals surface area (Å²) in [5.74, 6) is 0.942. The first-order valence-electron chi connectivity index (χ1n) is 3.50. The Morgan fingerprint density at radius 2 is 2.73 bits per heavy atom. The highest BCUT2D eigenvalue weighted by atomic mass is 16.5. The number of allylic oxidation sites excluding steroid dienone is 1. The van der Waals surface area contributed by atoms with Crippen LogP contribution in [0, 0.1) is 0 Å². The number of fused-ring (bicyclic) bond motifs is 1. The smallest absolute Gasteiger partial charge is 0.254 e. The van der Waals surface area contributed by atoms with Crippen LogP contribution in [-0.2, 0) is 4.74 Å². The molecule has 1 saturated heterocycles. The van der Waals surface area contributed by atoms with Crippen LogP contribution in [0.1, 0.15) is 0 Å². The van der Waals surface area contributed by atoms with Crippen molar-refractivity contribution in [2.45, 2.75) is 6.23 Å². The van der Waals surface area contributed by atoms with Crippen LogP contribution in [0.15, 0.2) is 16.6 Å². The van der Waals surface area contributed by atoms with Gasteiger partial charge in [-0.05, 0) is 0 Å². The SMILES string of the molecule is COC1C[NH+]2N=CC(N)=C2N1. The van der Waals surface area contributed by atoms with Crippen molar-refractivity contribution in [3.63, 3.8) is 0 Å². The van der Waals surface area contributed by atoms with Crippen LogP contribution >= 0.6 is 0 Å². The van der Waals surface area contributed by atoms with E-state index in [-0.39, 0.29) is 6.23 Å². The normalized spacial score (nSPS) is 34.3. The molecule has 2 heterocycles. The van der Waals surface area contributed by atoms with Crippen LogP contribution < -0.4 is 16.1 Å². The summed E-state index contributed by atoms with van der Waals surface area (Å²) in [7, 11) is 1.67. The fourth-order valence-corrected chi connectivity index (χ4v) is 1.29. The molecule has 0 amide bonds. The summed E-state index contributed by atoms with van der Waals surface area (Å²) in [4.78, 5) is 0. The third kappa shape index (κ3) is 0.892. The maximum atomic E-state index is 5.63. The Kier molecular flexibility index (Phi) is 1.33. The van der Waals surface area contributed by atoms with Crippen LogP contribution in [0.4, 0.5) is 0 Å². The van der Waals surface area contributed by atoms with Gasteiger partial charge in [0.15, 0.2) is 12.8 Å². The monoisotopic (exact) mass is 155 g/mol. The van der Waals surface area contributed by atoms with Gasteiger partial charge >= 0.3 is 0 Å². The number of nitrogens with two attached hydrogens (primary N) is 1. The Hall–Kier alpha value is -1.07. The largest absolute Gasteiger partial charge is 0.391 e. The standard InChI is InChI=1S/C6H10N4O/c1-11-5-3-10-6(9-5)4(7)2-8-10/h2,5,9H,3,7H2,1H3/p+1. The van der Waals surface area contributed by atoms with Crippen molar-refractivity contribution in [2.24, 2.45) is 10.8 Å². The van der Waals surface area contributed by atoms with E-state index >= 15 is 0 Å². The van der Waals surface area contributed by atoms with Crippen molar-refractivity contribution >= 4 is 6.21 Å². The molecule has 1 fully saturated rings. The molecule has 2 atom stereocenters. The zero-order valence-corrected chi connectivity index (χ0v) is 6.29. The van der Waals surface area contributed by atoms with Gasteiger partial charge in [-0.2, -0.15) is 5.01 Å². The first-order chi connectivity index (χ1) is 5.31. The Labute approximate surface area is 64.5 Å². The van der Waals surface area contributed by atoms with E-state index < -0.39 is 0 Å². The number of nitrogens with zero attached hydrogens (tertiary/aromatic N) is 1. The summed E-state index contributed by atoms with van der Waals surface area (Å²) in [6.45, 7) is 0.809. The van der Waals surface area contributed by atoms with Gasteiger partial charge in [0.1, 0.15) is 11.9 Å². The zero-order chi connectivity index (χ0) is 7.84. The van der Waals surface area contributed by atoms with E-state index in [1.165, 1.54) is 0 Å². The van der Waals surface area contributed by atoms with E-state index in [1.54, 1.807) is 13.3 Å². The van der Waals surface area contributed by atoms with Gasteiger partial charge in [0.2, 0.25) is 0 Å².